The lowest BCUT2D eigenvalue weighted by Crippen LogP contribution is -2.10. The summed E-state index contributed by atoms with van der Waals surface area (Å²) in [6.07, 6.45) is 2.45. The number of anilines is 4. The summed E-state index contributed by atoms with van der Waals surface area (Å²) in [6, 6.07) is 15.0. The van der Waals surface area contributed by atoms with Crippen LogP contribution in [0.4, 0.5) is 22.7 Å². The molecule has 0 heterocycles. The number of carbonyl (C=O) groups is 2. The lowest BCUT2D eigenvalue weighted by atomic mass is 10.2. The van der Waals surface area contributed by atoms with E-state index in [1.165, 1.54) is 6.92 Å². The summed E-state index contributed by atoms with van der Waals surface area (Å²) in [4.78, 5) is 22.8. The van der Waals surface area contributed by atoms with Gasteiger partial charge >= 0.3 is 0 Å². The fourth-order valence-electron chi connectivity index (χ4n) is 2.24. The topological polar surface area (TPSA) is 70.2 Å². The zero-order chi connectivity index (χ0) is 17.4. The monoisotopic (exact) mass is 325 g/mol. The molecule has 0 saturated carbocycles. The van der Waals surface area contributed by atoms with E-state index in [1.807, 2.05) is 48.5 Å². The summed E-state index contributed by atoms with van der Waals surface area (Å²) in [7, 11) is 0. The van der Waals surface area contributed by atoms with Gasteiger partial charge in [-0.15, -0.1) is 0 Å². The summed E-state index contributed by atoms with van der Waals surface area (Å²) in [5.74, 6) is -0.0594. The molecule has 0 aliphatic heterocycles. The van der Waals surface area contributed by atoms with Crippen LogP contribution < -0.4 is 16.0 Å². The van der Waals surface area contributed by atoms with Crippen molar-refractivity contribution in [3.8, 4) is 0 Å². The van der Waals surface area contributed by atoms with Gasteiger partial charge in [-0.2, -0.15) is 0 Å². The van der Waals surface area contributed by atoms with Crippen LogP contribution in [-0.4, -0.2) is 11.8 Å². The summed E-state index contributed by atoms with van der Waals surface area (Å²) >= 11 is 0. The van der Waals surface area contributed by atoms with Crippen molar-refractivity contribution in [2.75, 3.05) is 16.0 Å². The predicted molar refractivity (Wildman–Crippen MR) is 98.6 cm³/mol. The molecular weight excluding hydrogens is 302 g/mol. The molecule has 126 valence electrons. The van der Waals surface area contributed by atoms with Gasteiger partial charge in [0.1, 0.15) is 0 Å². The van der Waals surface area contributed by atoms with E-state index in [9.17, 15) is 9.59 Å². The molecule has 0 radical (unpaired) electrons. The van der Waals surface area contributed by atoms with E-state index in [0.29, 0.717) is 6.42 Å². The summed E-state index contributed by atoms with van der Waals surface area (Å²) in [5.41, 5.74) is 3.31. The Morgan fingerprint density at radius 3 is 2.21 bits per heavy atom. The van der Waals surface area contributed by atoms with E-state index in [0.717, 1.165) is 35.6 Å². The van der Waals surface area contributed by atoms with Crippen LogP contribution in [0.3, 0.4) is 0 Å². The highest BCUT2D eigenvalue weighted by atomic mass is 16.2. The van der Waals surface area contributed by atoms with Gasteiger partial charge in [-0.25, -0.2) is 0 Å². The fraction of sp³-hybridized carbons (Fsp3) is 0.263. The lowest BCUT2D eigenvalue weighted by molar-refractivity contribution is -0.116. The molecule has 24 heavy (non-hydrogen) atoms. The Balaban J connectivity index is 1.96. The fourth-order valence-corrected chi connectivity index (χ4v) is 2.24. The van der Waals surface area contributed by atoms with Crippen molar-refractivity contribution >= 4 is 34.6 Å². The second-order valence-corrected chi connectivity index (χ2v) is 5.62. The summed E-state index contributed by atoms with van der Waals surface area (Å²) < 4.78 is 0. The van der Waals surface area contributed by atoms with Crippen molar-refractivity contribution in [3.63, 3.8) is 0 Å². The highest BCUT2D eigenvalue weighted by molar-refractivity contribution is 5.91. The highest BCUT2D eigenvalue weighted by Gasteiger charge is 2.02. The van der Waals surface area contributed by atoms with Crippen LogP contribution in [0, 0.1) is 0 Å². The second kappa shape index (κ2) is 8.72. The minimum Gasteiger partial charge on any atom is -0.355 e. The van der Waals surface area contributed by atoms with Crippen LogP contribution in [0.5, 0.6) is 0 Å². The first kappa shape index (κ1) is 17.5. The Kier molecular flexibility index (Phi) is 6.37. The van der Waals surface area contributed by atoms with E-state index < -0.39 is 0 Å². The Bertz CT molecular complexity index is 696. The third kappa shape index (κ3) is 5.76. The van der Waals surface area contributed by atoms with Crippen molar-refractivity contribution < 1.29 is 9.59 Å². The second-order valence-electron chi connectivity index (χ2n) is 5.62. The van der Waals surface area contributed by atoms with Gasteiger partial charge in [-0.05, 0) is 48.9 Å². The molecule has 0 unspecified atom stereocenters. The molecule has 0 spiro atoms. The summed E-state index contributed by atoms with van der Waals surface area (Å²) in [5, 5.41) is 8.90. The Labute approximate surface area is 142 Å². The maximum Gasteiger partial charge on any atom is 0.224 e. The van der Waals surface area contributed by atoms with Crippen LogP contribution in [-0.2, 0) is 9.59 Å². The Morgan fingerprint density at radius 2 is 1.54 bits per heavy atom. The van der Waals surface area contributed by atoms with E-state index >= 15 is 0 Å². The molecular formula is C19H23N3O2. The highest BCUT2D eigenvalue weighted by Crippen LogP contribution is 2.21. The zero-order valence-electron chi connectivity index (χ0n) is 14.1. The standard InChI is InChI=1S/C19H23N3O2/c1-3-4-8-19(24)22-16-11-9-15(10-12-16)21-18-7-5-6-17(13-18)20-14(2)23/h5-7,9-13,21H,3-4,8H2,1-2H3,(H,20,23)(H,22,24). The van der Waals surface area contributed by atoms with Crippen LogP contribution >= 0.6 is 0 Å². The molecule has 3 N–H and O–H groups in total. The number of amides is 2. The minimum absolute atomic E-state index is 0.0422. The maximum atomic E-state index is 11.7. The molecule has 2 aromatic rings. The van der Waals surface area contributed by atoms with Crippen molar-refractivity contribution in [2.45, 2.75) is 33.1 Å². The third-order valence-corrected chi connectivity index (χ3v) is 3.40. The number of benzene rings is 2. The predicted octanol–water partition coefficient (Wildman–Crippen LogP) is 4.52. The van der Waals surface area contributed by atoms with E-state index in [2.05, 4.69) is 22.9 Å². The van der Waals surface area contributed by atoms with Crippen molar-refractivity contribution in [2.24, 2.45) is 0 Å². The molecule has 0 aromatic heterocycles. The number of unbranched alkanes of at least 4 members (excludes halogenated alkanes) is 1. The molecule has 0 atom stereocenters. The van der Waals surface area contributed by atoms with Gasteiger partial charge in [0.25, 0.3) is 0 Å². The molecule has 0 aliphatic rings. The van der Waals surface area contributed by atoms with Crippen molar-refractivity contribution in [3.05, 3.63) is 48.5 Å². The molecule has 0 aliphatic carbocycles. The van der Waals surface area contributed by atoms with Gasteiger partial charge in [0.15, 0.2) is 0 Å². The SMILES string of the molecule is CCCCC(=O)Nc1ccc(Nc2cccc(NC(C)=O)c2)cc1. The molecule has 0 saturated heterocycles. The third-order valence-electron chi connectivity index (χ3n) is 3.40. The largest absolute Gasteiger partial charge is 0.355 e. The Hall–Kier alpha value is -2.82. The quantitative estimate of drug-likeness (QED) is 0.701. The number of hydrogen-bond donors (Lipinski definition) is 3. The van der Waals surface area contributed by atoms with Crippen LogP contribution in [0.15, 0.2) is 48.5 Å². The Morgan fingerprint density at radius 1 is 0.875 bits per heavy atom. The number of hydrogen-bond acceptors (Lipinski definition) is 3. The molecule has 2 aromatic carbocycles. The summed E-state index contributed by atoms with van der Waals surface area (Å²) in [6.45, 7) is 3.54. The first-order valence-electron chi connectivity index (χ1n) is 8.11. The van der Waals surface area contributed by atoms with Crippen molar-refractivity contribution in [1.29, 1.82) is 0 Å². The smallest absolute Gasteiger partial charge is 0.224 e. The van der Waals surface area contributed by atoms with E-state index in [1.54, 1.807) is 0 Å². The average Bonchev–Trinajstić information content (AvgIpc) is 2.54. The first-order chi connectivity index (χ1) is 11.6. The van der Waals surface area contributed by atoms with Gasteiger partial charge in [-0.3, -0.25) is 9.59 Å². The molecule has 5 nitrogen and oxygen atoms in total. The van der Waals surface area contributed by atoms with E-state index in [-0.39, 0.29) is 11.8 Å². The minimum atomic E-state index is -0.102. The first-order valence-corrected chi connectivity index (χ1v) is 8.11. The van der Waals surface area contributed by atoms with Crippen LogP contribution in [0.1, 0.15) is 33.1 Å². The van der Waals surface area contributed by atoms with Gasteiger partial charge < -0.3 is 16.0 Å². The molecule has 0 fully saturated rings. The molecule has 2 amide bonds. The number of carbonyl (C=O) groups excluding carboxylic acids is 2. The average molecular weight is 325 g/mol. The van der Waals surface area contributed by atoms with Crippen LogP contribution in [0.2, 0.25) is 0 Å². The molecule has 0 bridgehead atoms. The normalized spacial score (nSPS) is 10.1. The van der Waals surface area contributed by atoms with Gasteiger partial charge in [-0.1, -0.05) is 19.4 Å². The van der Waals surface area contributed by atoms with Gasteiger partial charge in [0.2, 0.25) is 11.8 Å². The van der Waals surface area contributed by atoms with Crippen molar-refractivity contribution in [1.82, 2.24) is 0 Å². The lowest BCUT2D eigenvalue weighted by Gasteiger charge is -2.10. The number of nitrogens with one attached hydrogen (secondary N) is 3. The van der Waals surface area contributed by atoms with Crippen LogP contribution in [0.25, 0.3) is 0 Å². The van der Waals surface area contributed by atoms with E-state index in [4.69, 9.17) is 0 Å². The molecule has 5 heteroatoms. The van der Waals surface area contributed by atoms with Gasteiger partial charge in [0, 0.05) is 36.1 Å². The maximum absolute atomic E-state index is 11.7. The zero-order valence-corrected chi connectivity index (χ0v) is 14.1. The number of rotatable bonds is 7. The molecule has 2 rings (SSSR count). The van der Waals surface area contributed by atoms with Gasteiger partial charge in [0.05, 0.1) is 0 Å².